The number of methoxy groups -OCH3 is 1. The standard InChI is InChI=1S/C19H23NO3/c1-14(20-18(21)13-15-6-4-3-5-7-15)12-16-8-10-17(11-9-16)19(22)23-2/h3-11,14,18,20-21H,12-13H2,1-2H3/t14-,18-/m1/s1. The Balaban J connectivity index is 1.84. The number of nitrogens with one attached hydrogen (secondary N) is 1. The van der Waals surface area contributed by atoms with Gasteiger partial charge in [-0.05, 0) is 36.6 Å². The van der Waals surface area contributed by atoms with Crippen molar-refractivity contribution in [3.63, 3.8) is 0 Å². The van der Waals surface area contributed by atoms with E-state index in [9.17, 15) is 9.90 Å². The topological polar surface area (TPSA) is 58.6 Å². The predicted molar refractivity (Wildman–Crippen MR) is 90.2 cm³/mol. The van der Waals surface area contributed by atoms with Crippen LogP contribution in [-0.4, -0.2) is 30.5 Å². The molecule has 0 aliphatic carbocycles. The van der Waals surface area contributed by atoms with Gasteiger partial charge in [0.15, 0.2) is 0 Å². The number of esters is 1. The van der Waals surface area contributed by atoms with Crippen molar-refractivity contribution < 1.29 is 14.6 Å². The second kappa shape index (κ2) is 8.46. The van der Waals surface area contributed by atoms with Gasteiger partial charge in [-0.2, -0.15) is 0 Å². The average molecular weight is 313 g/mol. The molecule has 0 amide bonds. The molecule has 122 valence electrons. The quantitative estimate of drug-likeness (QED) is 0.609. The van der Waals surface area contributed by atoms with Gasteiger partial charge in [-0.15, -0.1) is 0 Å². The molecule has 0 radical (unpaired) electrons. The zero-order valence-electron chi connectivity index (χ0n) is 13.5. The van der Waals surface area contributed by atoms with Crippen LogP contribution in [0.1, 0.15) is 28.4 Å². The van der Waals surface area contributed by atoms with Crippen molar-refractivity contribution >= 4 is 5.97 Å². The first-order valence-corrected chi connectivity index (χ1v) is 7.74. The number of aliphatic hydroxyl groups excluding tert-OH is 1. The fraction of sp³-hybridized carbons (Fsp3) is 0.316. The second-order valence-electron chi connectivity index (χ2n) is 5.67. The number of aliphatic hydroxyl groups is 1. The van der Waals surface area contributed by atoms with Gasteiger partial charge < -0.3 is 9.84 Å². The summed E-state index contributed by atoms with van der Waals surface area (Å²) in [6, 6.07) is 17.4. The van der Waals surface area contributed by atoms with Crippen molar-refractivity contribution in [1.29, 1.82) is 0 Å². The largest absolute Gasteiger partial charge is 0.465 e. The Hall–Kier alpha value is -2.17. The van der Waals surface area contributed by atoms with Crippen LogP contribution in [0.15, 0.2) is 54.6 Å². The van der Waals surface area contributed by atoms with Gasteiger partial charge >= 0.3 is 5.97 Å². The lowest BCUT2D eigenvalue weighted by atomic mass is 10.0. The van der Waals surface area contributed by atoms with Crippen molar-refractivity contribution in [2.45, 2.75) is 32.0 Å². The van der Waals surface area contributed by atoms with Crippen LogP contribution in [0, 0.1) is 0 Å². The van der Waals surface area contributed by atoms with E-state index in [1.807, 2.05) is 49.4 Å². The SMILES string of the molecule is COC(=O)c1ccc(C[C@@H](C)N[C@H](O)Cc2ccccc2)cc1. The van der Waals surface area contributed by atoms with Crippen LogP contribution >= 0.6 is 0 Å². The van der Waals surface area contributed by atoms with Crippen LogP contribution in [0.4, 0.5) is 0 Å². The molecule has 0 spiro atoms. The summed E-state index contributed by atoms with van der Waals surface area (Å²) in [5.74, 6) is -0.332. The van der Waals surface area contributed by atoms with Crippen LogP contribution in [0.3, 0.4) is 0 Å². The Bertz CT molecular complexity index is 610. The summed E-state index contributed by atoms with van der Waals surface area (Å²) in [6.45, 7) is 2.03. The molecular weight excluding hydrogens is 290 g/mol. The minimum absolute atomic E-state index is 0.123. The molecule has 0 saturated carbocycles. The number of hydrogen-bond donors (Lipinski definition) is 2. The first-order valence-electron chi connectivity index (χ1n) is 7.74. The Morgan fingerprint density at radius 1 is 1.04 bits per heavy atom. The summed E-state index contributed by atoms with van der Waals surface area (Å²) in [5, 5.41) is 13.3. The summed E-state index contributed by atoms with van der Waals surface area (Å²) in [4.78, 5) is 11.4. The van der Waals surface area contributed by atoms with Gasteiger partial charge in [-0.25, -0.2) is 4.79 Å². The number of rotatable bonds is 7. The summed E-state index contributed by atoms with van der Waals surface area (Å²) in [6.07, 6.45) is 0.765. The lowest BCUT2D eigenvalue weighted by molar-refractivity contribution is 0.0600. The molecule has 0 fully saturated rings. The van der Waals surface area contributed by atoms with E-state index in [1.54, 1.807) is 12.1 Å². The second-order valence-corrected chi connectivity index (χ2v) is 5.67. The third kappa shape index (κ3) is 5.51. The zero-order chi connectivity index (χ0) is 16.7. The highest BCUT2D eigenvalue weighted by Crippen LogP contribution is 2.09. The van der Waals surface area contributed by atoms with Gasteiger partial charge in [0.25, 0.3) is 0 Å². The maximum atomic E-state index is 11.4. The number of hydrogen-bond acceptors (Lipinski definition) is 4. The molecule has 0 aliphatic heterocycles. The fourth-order valence-electron chi connectivity index (χ4n) is 2.53. The summed E-state index contributed by atoms with van der Waals surface area (Å²) >= 11 is 0. The lowest BCUT2D eigenvalue weighted by Gasteiger charge is -2.19. The van der Waals surface area contributed by atoms with E-state index in [-0.39, 0.29) is 12.0 Å². The molecule has 23 heavy (non-hydrogen) atoms. The summed E-state index contributed by atoms with van der Waals surface area (Å²) < 4.78 is 4.68. The van der Waals surface area contributed by atoms with Gasteiger partial charge in [-0.3, -0.25) is 5.32 Å². The van der Waals surface area contributed by atoms with Crippen LogP contribution < -0.4 is 5.32 Å². The van der Waals surface area contributed by atoms with Crippen molar-refractivity contribution in [1.82, 2.24) is 5.32 Å². The summed E-state index contributed by atoms with van der Waals surface area (Å²) in [7, 11) is 1.37. The van der Waals surface area contributed by atoms with E-state index >= 15 is 0 Å². The number of carbonyl (C=O) groups excluding carboxylic acids is 1. The minimum Gasteiger partial charge on any atom is -0.465 e. The fourth-order valence-corrected chi connectivity index (χ4v) is 2.53. The molecule has 2 rings (SSSR count). The van der Waals surface area contributed by atoms with E-state index in [0.717, 1.165) is 17.5 Å². The molecule has 0 saturated heterocycles. The molecule has 0 aliphatic rings. The molecule has 0 aromatic heterocycles. The maximum Gasteiger partial charge on any atom is 0.337 e. The van der Waals surface area contributed by atoms with Crippen LogP contribution in [-0.2, 0) is 17.6 Å². The predicted octanol–water partition coefficient (Wildman–Crippen LogP) is 2.55. The Morgan fingerprint density at radius 2 is 1.65 bits per heavy atom. The maximum absolute atomic E-state index is 11.4. The number of carbonyl (C=O) groups is 1. The Morgan fingerprint density at radius 3 is 2.26 bits per heavy atom. The van der Waals surface area contributed by atoms with Crippen molar-refractivity contribution in [2.24, 2.45) is 0 Å². The molecular formula is C19H23NO3. The van der Waals surface area contributed by atoms with E-state index < -0.39 is 6.23 Å². The number of ether oxygens (including phenoxy) is 1. The third-order valence-corrected chi connectivity index (χ3v) is 3.67. The van der Waals surface area contributed by atoms with E-state index in [2.05, 4.69) is 10.1 Å². The van der Waals surface area contributed by atoms with E-state index in [0.29, 0.717) is 12.0 Å². The van der Waals surface area contributed by atoms with Crippen molar-refractivity contribution in [2.75, 3.05) is 7.11 Å². The van der Waals surface area contributed by atoms with Crippen LogP contribution in [0.5, 0.6) is 0 Å². The molecule has 2 aromatic carbocycles. The molecule has 2 N–H and O–H groups in total. The first-order chi connectivity index (χ1) is 11.1. The van der Waals surface area contributed by atoms with Gasteiger partial charge in [0.2, 0.25) is 0 Å². The summed E-state index contributed by atoms with van der Waals surface area (Å²) in [5.41, 5.74) is 2.74. The molecule has 4 nitrogen and oxygen atoms in total. The number of benzene rings is 2. The molecule has 2 aromatic rings. The van der Waals surface area contributed by atoms with E-state index in [4.69, 9.17) is 0 Å². The Labute approximate surface area is 137 Å². The normalized spacial score (nSPS) is 13.3. The highest BCUT2D eigenvalue weighted by Gasteiger charge is 2.11. The van der Waals surface area contributed by atoms with Crippen molar-refractivity contribution in [3.05, 3.63) is 71.3 Å². The highest BCUT2D eigenvalue weighted by molar-refractivity contribution is 5.89. The lowest BCUT2D eigenvalue weighted by Crippen LogP contribution is -2.39. The van der Waals surface area contributed by atoms with E-state index in [1.165, 1.54) is 7.11 Å². The van der Waals surface area contributed by atoms with Gasteiger partial charge in [-0.1, -0.05) is 42.5 Å². The van der Waals surface area contributed by atoms with Crippen LogP contribution in [0.25, 0.3) is 0 Å². The minimum atomic E-state index is -0.582. The smallest absolute Gasteiger partial charge is 0.337 e. The molecule has 0 bridgehead atoms. The average Bonchev–Trinajstić information content (AvgIpc) is 2.55. The van der Waals surface area contributed by atoms with Crippen molar-refractivity contribution in [3.8, 4) is 0 Å². The molecule has 4 heteroatoms. The molecule has 2 atom stereocenters. The van der Waals surface area contributed by atoms with Gasteiger partial charge in [0, 0.05) is 12.5 Å². The van der Waals surface area contributed by atoms with Gasteiger partial charge in [0.05, 0.1) is 12.7 Å². The van der Waals surface area contributed by atoms with Crippen LogP contribution in [0.2, 0.25) is 0 Å². The third-order valence-electron chi connectivity index (χ3n) is 3.67. The zero-order valence-corrected chi connectivity index (χ0v) is 13.5. The Kier molecular flexibility index (Phi) is 6.32. The first kappa shape index (κ1) is 17.2. The highest BCUT2D eigenvalue weighted by atomic mass is 16.5. The molecule has 0 unspecified atom stereocenters. The monoisotopic (exact) mass is 313 g/mol. The van der Waals surface area contributed by atoms with Gasteiger partial charge in [0.1, 0.15) is 6.23 Å². The molecule has 0 heterocycles.